The molecule has 0 atom stereocenters. The largest absolute Gasteiger partial charge is 0.293 e. The molecule has 0 amide bonds. The summed E-state index contributed by atoms with van der Waals surface area (Å²) in [4.78, 5) is 12.2. The van der Waals surface area contributed by atoms with Crippen molar-refractivity contribution in [1.29, 1.82) is 0 Å². The van der Waals surface area contributed by atoms with Crippen molar-refractivity contribution in [3.63, 3.8) is 0 Å². The zero-order valence-electron chi connectivity index (χ0n) is 15.9. The van der Waals surface area contributed by atoms with Crippen LogP contribution in [0.5, 0.6) is 0 Å². The summed E-state index contributed by atoms with van der Waals surface area (Å²) in [5, 5.41) is 9.42. The monoisotopic (exact) mass is 388 g/mol. The molecule has 4 rings (SSSR count). The zero-order valence-corrected chi connectivity index (χ0v) is 16.7. The molecule has 28 heavy (non-hydrogen) atoms. The van der Waals surface area contributed by atoms with Gasteiger partial charge in [-0.15, -0.1) is 10.2 Å². The van der Waals surface area contributed by atoms with Crippen LogP contribution >= 0.6 is 11.8 Å². The average molecular weight is 389 g/mol. The maximum absolute atomic E-state index is 12.2. The SMILES string of the molecule is O=C(CSc1ccc(-c2ccc(C3CCCCC3)cc2)nn1)c1ccccc1. The normalized spacial score (nSPS) is 14.7. The summed E-state index contributed by atoms with van der Waals surface area (Å²) in [6.07, 6.45) is 6.71. The van der Waals surface area contributed by atoms with E-state index in [9.17, 15) is 4.79 Å². The lowest BCUT2D eigenvalue weighted by atomic mass is 9.84. The van der Waals surface area contributed by atoms with Gasteiger partial charge in [0, 0.05) is 11.1 Å². The van der Waals surface area contributed by atoms with E-state index in [1.807, 2.05) is 42.5 Å². The van der Waals surface area contributed by atoms with Crippen LogP contribution in [0.15, 0.2) is 71.8 Å². The number of rotatable bonds is 6. The van der Waals surface area contributed by atoms with E-state index in [0.717, 1.165) is 27.8 Å². The lowest BCUT2D eigenvalue weighted by molar-refractivity contribution is 0.102. The second-order valence-electron chi connectivity index (χ2n) is 7.29. The van der Waals surface area contributed by atoms with Crippen molar-refractivity contribution in [3.8, 4) is 11.3 Å². The summed E-state index contributed by atoms with van der Waals surface area (Å²) in [5.41, 5.74) is 4.14. The molecule has 1 aromatic heterocycles. The molecule has 1 saturated carbocycles. The summed E-state index contributed by atoms with van der Waals surface area (Å²) in [7, 11) is 0. The fourth-order valence-electron chi connectivity index (χ4n) is 3.76. The van der Waals surface area contributed by atoms with E-state index < -0.39 is 0 Å². The van der Waals surface area contributed by atoms with Gasteiger partial charge in [0.25, 0.3) is 0 Å². The Kier molecular flexibility index (Phi) is 6.17. The van der Waals surface area contributed by atoms with Crippen LogP contribution in [0.4, 0.5) is 0 Å². The standard InChI is InChI=1S/C24H24N2OS/c27-23(21-9-5-2-6-10-21)17-28-24-16-15-22(25-26-24)20-13-11-19(12-14-20)18-7-3-1-4-8-18/h2,5-6,9-16,18H,1,3-4,7-8,17H2. The van der Waals surface area contributed by atoms with Crippen molar-refractivity contribution in [1.82, 2.24) is 10.2 Å². The molecular formula is C24H24N2OS. The Hall–Kier alpha value is -2.46. The van der Waals surface area contributed by atoms with E-state index in [2.05, 4.69) is 34.5 Å². The molecule has 1 heterocycles. The number of carbonyl (C=O) groups is 1. The molecule has 3 nitrogen and oxygen atoms in total. The Morgan fingerprint density at radius 3 is 2.29 bits per heavy atom. The fraction of sp³-hybridized carbons (Fsp3) is 0.292. The third-order valence-corrected chi connectivity index (χ3v) is 6.29. The van der Waals surface area contributed by atoms with Crippen LogP contribution in [0.3, 0.4) is 0 Å². The second kappa shape index (κ2) is 9.16. The summed E-state index contributed by atoms with van der Waals surface area (Å²) in [5.74, 6) is 1.19. The van der Waals surface area contributed by atoms with E-state index in [1.165, 1.54) is 49.4 Å². The van der Waals surface area contributed by atoms with Crippen LogP contribution < -0.4 is 0 Å². The number of aromatic nitrogens is 2. The molecule has 1 aliphatic carbocycles. The Bertz CT molecular complexity index is 902. The first-order chi connectivity index (χ1) is 13.8. The number of hydrogen-bond donors (Lipinski definition) is 0. The summed E-state index contributed by atoms with van der Waals surface area (Å²) in [6, 6.07) is 22.1. The summed E-state index contributed by atoms with van der Waals surface area (Å²) in [6.45, 7) is 0. The number of nitrogens with zero attached hydrogens (tertiary/aromatic N) is 2. The van der Waals surface area contributed by atoms with Gasteiger partial charge < -0.3 is 0 Å². The minimum atomic E-state index is 0.106. The number of benzene rings is 2. The molecule has 2 aromatic carbocycles. The van der Waals surface area contributed by atoms with Crippen molar-refractivity contribution >= 4 is 17.5 Å². The summed E-state index contributed by atoms with van der Waals surface area (Å²) >= 11 is 1.43. The van der Waals surface area contributed by atoms with Crippen molar-refractivity contribution in [2.75, 3.05) is 5.75 Å². The van der Waals surface area contributed by atoms with Crippen molar-refractivity contribution in [2.45, 2.75) is 43.0 Å². The molecule has 0 aliphatic heterocycles. The lowest BCUT2D eigenvalue weighted by Gasteiger charge is -2.22. The molecule has 0 radical (unpaired) electrons. The van der Waals surface area contributed by atoms with Crippen LogP contribution in [-0.4, -0.2) is 21.7 Å². The Morgan fingerprint density at radius 1 is 0.857 bits per heavy atom. The van der Waals surface area contributed by atoms with Gasteiger partial charge in [-0.2, -0.15) is 0 Å². The molecule has 3 aromatic rings. The highest BCUT2D eigenvalue weighted by atomic mass is 32.2. The Labute approximate surface area is 170 Å². The molecule has 0 unspecified atom stereocenters. The van der Waals surface area contributed by atoms with Gasteiger partial charge in [-0.05, 0) is 36.5 Å². The van der Waals surface area contributed by atoms with Crippen molar-refractivity contribution < 1.29 is 4.79 Å². The number of ketones is 1. The third kappa shape index (κ3) is 4.68. The van der Waals surface area contributed by atoms with Crippen LogP contribution in [0, 0.1) is 0 Å². The predicted octanol–water partition coefficient (Wildman–Crippen LogP) is 6.17. The van der Waals surface area contributed by atoms with Gasteiger partial charge in [0.2, 0.25) is 0 Å². The highest BCUT2D eigenvalue weighted by Crippen LogP contribution is 2.33. The van der Waals surface area contributed by atoms with E-state index in [1.54, 1.807) is 0 Å². The van der Waals surface area contributed by atoms with Crippen molar-refractivity contribution in [2.24, 2.45) is 0 Å². The van der Waals surface area contributed by atoms with Crippen LogP contribution in [0.25, 0.3) is 11.3 Å². The molecule has 0 N–H and O–H groups in total. The van der Waals surface area contributed by atoms with Crippen LogP contribution in [0.2, 0.25) is 0 Å². The minimum absolute atomic E-state index is 0.106. The molecular weight excluding hydrogens is 364 g/mol. The topological polar surface area (TPSA) is 42.9 Å². The first-order valence-electron chi connectivity index (χ1n) is 9.95. The number of hydrogen-bond acceptors (Lipinski definition) is 4. The number of thioether (sulfide) groups is 1. The van der Waals surface area contributed by atoms with Gasteiger partial charge in [0.05, 0.1) is 11.4 Å². The Balaban J connectivity index is 1.37. The van der Waals surface area contributed by atoms with Gasteiger partial charge >= 0.3 is 0 Å². The molecule has 142 valence electrons. The first-order valence-corrected chi connectivity index (χ1v) is 10.9. The van der Waals surface area contributed by atoms with Crippen molar-refractivity contribution in [3.05, 3.63) is 77.9 Å². The highest BCUT2D eigenvalue weighted by Gasteiger charge is 2.15. The maximum Gasteiger partial charge on any atom is 0.173 e. The minimum Gasteiger partial charge on any atom is -0.293 e. The van der Waals surface area contributed by atoms with E-state index in [4.69, 9.17) is 0 Å². The Morgan fingerprint density at radius 2 is 1.61 bits per heavy atom. The van der Waals surface area contributed by atoms with Gasteiger partial charge in [-0.25, -0.2) is 0 Å². The number of carbonyl (C=O) groups excluding carboxylic acids is 1. The van der Waals surface area contributed by atoms with Gasteiger partial charge in [0.15, 0.2) is 5.78 Å². The maximum atomic E-state index is 12.2. The van der Waals surface area contributed by atoms with Gasteiger partial charge in [0.1, 0.15) is 5.03 Å². The van der Waals surface area contributed by atoms with E-state index >= 15 is 0 Å². The predicted molar refractivity (Wildman–Crippen MR) is 115 cm³/mol. The van der Waals surface area contributed by atoms with E-state index in [0.29, 0.717) is 5.75 Å². The molecule has 0 saturated heterocycles. The van der Waals surface area contributed by atoms with Gasteiger partial charge in [-0.1, -0.05) is 85.6 Å². The molecule has 1 aliphatic rings. The molecule has 0 bridgehead atoms. The molecule has 4 heteroatoms. The van der Waals surface area contributed by atoms with Crippen LogP contribution in [0.1, 0.15) is 53.9 Å². The quantitative estimate of drug-likeness (QED) is 0.374. The summed E-state index contributed by atoms with van der Waals surface area (Å²) < 4.78 is 0. The number of Topliss-reactive ketones (excluding diaryl/α,β-unsaturated/α-hetero) is 1. The smallest absolute Gasteiger partial charge is 0.173 e. The van der Waals surface area contributed by atoms with E-state index in [-0.39, 0.29) is 5.78 Å². The van der Waals surface area contributed by atoms with Crippen LogP contribution in [-0.2, 0) is 0 Å². The van der Waals surface area contributed by atoms with Gasteiger partial charge in [-0.3, -0.25) is 4.79 Å². The first kappa shape index (κ1) is 18.9. The lowest BCUT2D eigenvalue weighted by Crippen LogP contribution is -2.04. The average Bonchev–Trinajstić information content (AvgIpc) is 2.79. The molecule has 1 fully saturated rings. The third-order valence-electron chi connectivity index (χ3n) is 5.37. The molecule has 0 spiro atoms. The highest BCUT2D eigenvalue weighted by molar-refractivity contribution is 7.99. The fourth-order valence-corrected chi connectivity index (χ4v) is 4.47. The zero-order chi connectivity index (χ0) is 19.2. The second-order valence-corrected chi connectivity index (χ2v) is 8.29.